The van der Waals surface area contributed by atoms with Crippen molar-refractivity contribution in [1.29, 1.82) is 0 Å². The van der Waals surface area contributed by atoms with Gasteiger partial charge in [-0.05, 0) is 68.3 Å². The molecule has 2 unspecified atom stereocenters. The van der Waals surface area contributed by atoms with Crippen LogP contribution in [0.1, 0.15) is 69.9 Å². The van der Waals surface area contributed by atoms with Gasteiger partial charge in [0.25, 0.3) is 0 Å². The molecule has 0 amide bonds. The molecule has 0 spiro atoms. The van der Waals surface area contributed by atoms with Crippen LogP contribution in [0.2, 0.25) is 0 Å². The number of phenolic OH excluding ortho intramolecular Hbond substituents is 1. The van der Waals surface area contributed by atoms with Gasteiger partial charge < -0.3 is 5.11 Å². The highest BCUT2D eigenvalue weighted by Gasteiger charge is 2.30. The molecule has 1 aromatic carbocycles. The normalized spacial score (nSPS) is 20.5. The van der Waals surface area contributed by atoms with Crippen molar-refractivity contribution in [3.8, 4) is 5.75 Å². The molecule has 130 valence electrons. The molecule has 2 rings (SSSR count). The van der Waals surface area contributed by atoms with Crippen molar-refractivity contribution in [3.63, 3.8) is 0 Å². The highest BCUT2D eigenvalue weighted by Crippen LogP contribution is 2.46. The molecule has 0 saturated heterocycles. The van der Waals surface area contributed by atoms with E-state index in [2.05, 4.69) is 31.7 Å². The largest absolute Gasteiger partial charge is 0.508 e. The number of hydrogen-bond acceptors (Lipinski definition) is 3. The van der Waals surface area contributed by atoms with Crippen molar-refractivity contribution < 1.29 is 5.11 Å². The van der Waals surface area contributed by atoms with E-state index in [0.717, 1.165) is 49.7 Å². The number of nitroso groups, excluding NO2 is 1. The summed E-state index contributed by atoms with van der Waals surface area (Å²) >= 11 is 0. The maximum Gasteiger partial charge on any atom is 0.121 e. The summed E-state index contributed by atoms with van der Waals surface area (Å²) in [4.78, 5) is 11.5. The Morgan fingerprint density at radius 3 is 2.75 bits per heavy atom. The van der Waals surface area contributed by atoms with Crippen LogP contribution in [0, 0.1) is 10.8 Å². The molecule has 0 heterocycles. The first-order valence-electron chi connectivity index (χ1n) is 8.99. The lowest BCUT2D eigenvalue weighted by molar-refractivity contribution is 0.436. The van der Waals surface area contributed by atoms with Gasteiger partial charge in [-0.1, -0.05) is 43.6 Å². The van der Waals surface area contributed by atoms with Crippen LogP contribution in [0.3, 0.4) is 0 Å². The van der Waals surface area contributed by atoms with Crippen molar-refractivity contribution in [2.45, 2.75) is 65.2 Å². The summed E-state index contributed by atoms with van der Waals surface area (Å²) < 4.78 is 0. The van der Waals surface area contributed by atoms with Gasteiger partial charge in [0.15, 0.2) is 0 Å². The van der Waals surface area contributed by atoms with E-state index in [9.17, 15) is 10.0 Å². The van der Waals surface area contributed by atoms with Gasteiger partial charge in [-0.3, -0.25) is 0 Å². The molecule has 3 heteroatoms. The summed E-state index contributed by atoms with van der Waals surface area (Å²) in [5.74, 6) is 0.417. The molecule has 0 saturated carbocycles. The summed E-state index contributed by atoms with van der Waals surface area (Å²) in [6, 6.07) is 3.66. The van der Waals surface area contributed by atoms with Crippen LogP contribution < -0.4 is 0 Å². The first-order valence-corrected chi connectivity index (χ1v) is 8.99. The average molecular weight is 327 g/mol. The van der Waals surface area contributed by atoms with Crippen LogP contribution in [-0.4, -0.2) is 5.11 Å². The van der Waals surface area contributed by atoms with Gasteiger partial charge >= 0.3 is 0 Å². The molecule has 0 fully saturated rings. The smallest absolute Gasteiger partial charge is 0.121 e. The molecule has 1 N–H and O–H groups in total. The Kier molecular flexibility index (Phi) is 6.36. The van der Waals surface area contributed by atoms with Gasteiger partial charge in [0.05, 0.1) is 0 Å². The minimum absolute atomic E-state index is 0.0198. The number of hydrogen-bond donors (Lipinski definition) is 1. The van der Waals surface area contributed by atoms with Crippen LogP contribution in [-0.2, 0) is 6.42 Å². The van der Waals surface area contributed by atoms with E-state index in [1.165, 1.54) is 5.57 Å². The fourth-order valence-corrected chi connectivity index (χ4v) is 3.73. The highest BCUT2D eigenvalue weighted by atomic mass is 16.3. The number of phenols is 1. The lowest BCUT2D eigenvalue weighted by Crippen LogP contribution is -2.17. The molecule has 0 aromatic heterocycles. The van der Waals surface area contributed by atoms with Gasteiger partial charge in [-0.2, -0.15) is 0 Å². The average Bonchev–Trinajstić information content (AvgIpc) is 2.54. The van der Waals surface area contributed by atoms with E-state index in [1.807, 2.05) is 19.1 Å². The lowest BCUT2D eigenvalue weighted by Gasteiger charge is -2.31. The maximum absolute atomic E-state index is 11.5. The standard InChI is InChI=1S/C21H29NO2/c1-5-6-7-8-16-12-19(22-24)21(20(23)13-16)18-11-15(4)9-10-17(18)14(2)3/h11-13,17-18,23H,2,5-10H2,1,3-4H3. The first kappa shape index (κ1) is 18.4. The number of allylic oxidation sites excluding steroid dienone is 3. The lowest BCUT2D eigenvalue weighted by atomic mass is 9.73. The van der Waals surface area contributed by atoms with Gasteiger partial charge in [0.2, 0.25) is 0 Å². The zero-order chi connectivity index (χ0) is 17.7. The number of aromatic hydroxyl groups is 1. The van der Waals surface area contributed by atoms with E-state index in [-0.39, 0.29) is 17.6 Å². The minimum atomic E-state index is -0.0198. The molecule has 1 aromatic rings. The predicted molar refractivity (Wildman–Crippen MR) is 101 cm³/mol. The Morgan fingerprint density at radius 2 is 2.12 bits per heavy atom. The zero-order valence-corrected chi connectivity index (χ0v) is 15.1. The SMILES string of the molecule is C=C(C)C1CCC(C)=CC1c1c(O)cc(CCCCC)cc1N=O. The van der Waals surface area contributed by atoms with Crippen LogP contribution >= 0.6 is 0 Å². The third-order valence-corrected chi connectivity index (χ3v) is 5.08. The Bertz CT molecular complexity index is 645. The van der Waals surface area contributed by atoms with E-state index in [1.54, 1.807) is 0 Å². The van der Waals surface area contributed by atoms with Crippen LogP contribution in [0.25, 0.3) is 0 Å². The summed E-state index contributed by atoms with van der Waals surface area (Å²) in [5, 5.41) is 13.9. The second kappa shape index (κ2) is 8.27. The topological polar surface area (TPSA) is 49.7 Å². The number of aryl methyl sites for hydroxylation is 1. The van der Waals surface area contributed by atoms with Crippen LogP contribution in [0.5, 0.6) is 5.75 Å². The minimum Gasteiger partial charge on any atom is -0.508 e. The monoisotopic (exact) mass is 327 g/mol. The van der Waals surface area contributed by atoms with E-state index < -0.39 is 0 Å². The van der Waals surface area contributed by atoms with Crippen molar-refractivity contribution in [1.82, 2.24) is 0 Å². The highest BCUT2D eigenvalue weighted by molar-refractivity contribution is 5.59. The third-order valence-electron chi connectivity index (χ3n) is 5.08. The number of unbranched alkanes of at least 4 members (excludes halogenated alkanes) is 2. The van der Waals surface area contributed by atoms with E-state index >= 15 is 0 Å². The fraction of sp³-hybridized carbons (Fsp3) is 0.524. The van der Waals surface area contributed by atoms with Gasteiger partial charge in [-0.15, -0.1) is 4.91 Å². The van der Waals surface area contributed by atoms with Crippen molar-refractivity contribution >= 4 is 5.69 Å². The number of nitrogens with zero attached hydrogens (tertiary/aromatic N) is 1. The molecule has 2 atom stereocenters. The molecular weight excluding hydrogens is 298 g/mol. The molecule has 0 aliphatic heterocycles. The Balaban J connectivity index is 2.42. The molecule has 0 bridgehead atoms. The van der Waals surface area contributed by atoms with Crippen molar-refractivity contribution in [2.75, 3.05) is 0 Å². The summed E-state index contributed by atoms with van der Waals surface area (Å²) in [5.41, 5.74) is 4.41. The molecular formula is C21H29NO2. The first-order chi connectivity index (χ1) is 11.5. The van der Waals surface area contributed by atoms with E-state index in [0.29, 0.717) is 11.3 Å². The van der Waals surface area contributed by atoms with Gasteiger partial charge in [0.1, 0.15) is 11.4 Å². The van der Waals surface area contributed by atoms with Crippen molar-refractivity contribution in [3.05, 3.63) is 52.0 Å². The zero-order valence-electron chi connectivity index (χ0n) is 15.1. The van der Waals surface area contributed by atoms with Crippen LogP contribution in [0.15, 0.2) is 41.1 Å². The summed E-state index contributed by atoms with van der Waals surface area (Å²) in [7, 11) is 0. The Morgan fingerprint density at radius 1 is 1.38 bits per heavy atom. The second-order valence-electron chi connectivity index (χ2n) is 7.13. The summed E-state index contributed by atoms with van der Waals surface area (Å²) in [6.45, 7) is 10.4. The predicted octanol–water partition coefficient (Wildman–Crippen LogP) is 6.54. The second-order valence-corrected chi connectivity index (χ2v) is 7.13. The number of rotatable bonds is 7. The molecule has 24 heavy (non-hydrogen) atoms. The Labute approximate surface area is 145 Å². The van der Waals surface area contributed by atoms with Gasteiger partial charge in [-0.25, -0.2) is 0 Å². The molecule has 1 aliphatic rings. The number of benzene rings is 1. The fourth-order valence-electron chi connectivity index (χ4n) is 3.73. The maximum atomic E-state index is 11.5. The van der Waals surface area contributed by atoms with Crippen LogP contribution in [0.4, 0.5) is 5.69 Å². The molecule has 1 aliphatic carbocycles. The molecule has 3 nitrogen and oxygen atoms in total. The van der Waals surface area contributed by atoms with Gasteiger partial charge in [0, 0.05) is 11.5 Å². The van der Waals surface area contributed by atoms with Crippen molar-refractivity contribution in [2.24, 2.45) is 11.1 Å². The summed E-state index contributed by atoms with van der Waals surface area (Å²) in [6.07, 6.45) is 8.43. The Hall–Kier alpha value is -1.90. The quantitative estimate of drug-likeness (QED) is 0.351. The molecule has 0 radical (unpaired) electrons. The van der Waals surface area contributed by atoms with E-state index in [4.69, 9.17) is 0 Å². The third kappa shape index (κ3) is 4.14.